The lowest BCUT2D eigenvalue weighted by Crippen LogP contribution is -2.39. The van der Waals surface area contributed by atoms with Crippen molar-refractivity contribution in [3.63, 3.8) is 0 Å². The second kappa shape index (κ2) is 8.27. The van der Waals surface area contributed by atoms with Gasteiger partial charge in [0.15, 0.2) is 0 Å². The zero-order valence-corrected chi connectivity index (χ0v) is 14.6. The SMILES string of the molecule is Cc1ccc([N+](=O)[O-])cc1C=C[C@H](CC(=O)O)NC(=O)OC(C)(C)C. The number of nitrogens with zero attached hydrogens (tertiary/aromatic N) is 1. The van der Waals surface area contributed by atoms with E-state index in [1.165, 1.54) is 18.2 Å². The highest BCUT2D eigenvalue weighted by atomic mass is 16.6. The predicted octanol–water partition coefficient (Wildman–Crippen LogP) is 3.28. The van der Waals surface area contributed by atoms with Crippen molar-refractivity contribution in [2.45, 2.75) is 45.8 Å². The first-order valence-electron chi connectivity index (χ1n) is 7.62. The molecule has 0 saturated carbocycles. The molecule has 0 aliphatic rings. The summed E-state index contributed by atoms with van der Waals surface area (Å²) in [5, 5.41) is 22.3. The van der Waals surface area contributed by atoms with Gasteiger partial charge in [-0.2, -0.15) is 0 Å². The number of carboxylic acid groups (broad SMARTS) is 1. The number of hydrogen-bond donors (Lipinski definition) is 2. The maximum atomic E-state index is 11.8. The standard InChI is InChI=1S/C17H22N2O6/c1-11-5-8-14(19(23)24)9-12(11)6-7-13(10-15(20)21)18-16(22)25-17(2,3)4/h5-9,13H,10H2,1-4H3,(H,18,22)(H,20,21)/t13-/m1/s1. The van der Waals surface area contributed by atoms with E-state index in [0.717, 1.165) is 5.56 Å². The third-order valence-corrected chi connectivity index (χ3v) is 3.08. The van der Waals surface area contributed by atoms with Crippen LogP contribution in [0.4, 0.5) is 10.5 Å². The molecule has 0 aliphatic carbocycles. The van der Waals surface area contributed by atoms with Crippen LogP contribution in [0, 0.1) is 17.0 Å². The van der Waals surface area contributed by atoms with Gasteiger partial charge >= 0.3 is 12.1 Å². The van der Waals surface area contributed by atoms with E-state index in [9.17, 15) is 19.7 Å². The number of nitrogens with one attached hydrogen (secondary N) is 1. The molecule has 0 spiro atoms. The Morgan fingerprint density at radius 1 is 1.40 bits per heavy atom. The highest BCUT2D eigenvalue weighted by Gasteiger charge is 2.20. The van der Waals surface area contributed by atoms with Crippen LogP contribution >= 0.6 is 0 Å². The highest BCUT2D eigenvalue weighted by molar-refractivity contribution is 5.73. The molecule has 0 aromatic heterocycles. The Kier molecular flexibility index (Phi) is 6.67. The van der Waals surface area contributed by atoms with Gasteiger partial charge in [0.2, 0.25) is 0 Å². The van der Waals surface area contributed by atoms with Crippen LogP contribution < -0.4 is 5.32 Å². The molecule has 8 heteroatoms. The van der Waals surface area contributed by atoms with Crippen LogP contribution in [-0.2, 0) is 9.53 Å². The first kappa shape index (κ1) is 20.1. The van der Waals surface area contributed by atoms with Crippen molar-refractivity contribution in [1.82, 2.24) is 5.32 Å². The number of aliphatic carboxylic acids is 1. The summed E-state index contributed by atoms with van der Waals surface area (Å²) >= 11 is 0. The van der Waals surface area contributed by atoms with Crippen LogP contribution in [0.5, 0.6) is 0 Å². The highest BCUT2D eigenvalue weighted by Crippen LogP contribution is 2.19. The van der Waals surface area contributed by atoms with Gasteiger partial charge < -0.3 is 15.2 Å². The summed E-state index contributed by atoms with van der Waals surface area (Å²) in [5.74, 6) is -1.10. The largest absolute Gasteiger partial charge is 0.481 e. The zero-order valence-electron chi connectivity index (χ0n) is 14.6. The number of non-ortho nitro benzene ring substituents is 1. The quantitative estimate of drug-likeness (QED) is 0.600. The second-order valence-corrected chi connectivity index (χ2v) is 6.51. The molecule has 1 rings (SSSR count). The smallest absolute Gasteiger partial charge is 0.408 e. The summed E-state index contributed by atoms with van der Waals surface area (Å²) in [4.78, 5) is 33.2. The van der Waals surface area contributed by atoms with E-state index in [1.807, 2.05) is 0 Å². The van der Waals surface area contributed by atoms with Gasteiger partial charge in [0.05, 0.1) is 17.4 Å². The molecule has 1 aromatic carbocycles. The lowest BCUT2D eigenvalue weighted by atomic mass is 10.1. The molecule has 0 unspecified atom stereocenters. The number of alkyl carbamates (subject to hydrolysis) is 1. The molecule has 0 aliphatic heterocycles. The molecule has 0 saturated heterocycles. The Labute approximate surface area is 145 Å². The first-order valence-corrected chi connectivity index (χ1v) is 7.62. The number of carbonyl (C=O) groups excluding carboxylic acids is 1. The molecular weight excluding hydrogens is 328 g/mol. The Morgan fingerprint density at radius 2 is 2.04 bits per heavy atom. The number of amides is 1. The number of ether oxygens (including phenoxy) is 1. The van der Waals surface area contributed by atoms with Crippen LogP contribution in [0.15, 0.2) is 24.3 Å². The molecule has 1 amide bonds. The molecule has 25 heavy (non-hydrogen) atoms. The first-order chi connectivity index (χ1) is 11.5. The lowest BCUT2D eigenvalue weighted by Gasteiger charge is -2.21. The zero-order chi connectivity index (χ0) is 19.2. The minimum absolute atomic E-state index is 0.0693. The molecule has 0 fully saturated rings. The summed E-state index contributed by atoms with van der Waals surface area (Å²) in [6.07, 6.45) is 1.94. The van der Waals surface area contributed by atoms with Crippen LogP contribution in [0.2, 0.25) is 0 Å². The van der Waals surface area contributed by atoms with E-state index in [1.54, 1.807) is 39.8 Å². The Bertz CT molecular complexity index is 691. The number of rotatable bonds is 6. The number of nitro benzene ring substituents is 1. The molecule has 0 radical (unpaired) electrons. The minimum atomic E-state index is -1.10. The number of benzene rings is 1. The Morgan fingerprint density at radius 3 is 2.56 bits per heavy atom. The number of nitro groups is 1. The summed E-state index contributed by atoms with van der Waals surface area (Å²) in [6, 6.07) is 3.56. The van der Waals surface area contributed by atoms with Gasteiger partial charge in [0.1, 0.15) is 5.60 Å². The average molecular weight is 350 g/mol. The third kappa shape index (κ3) is 7.47. The molecule has 0 heterocycles. The van der Waals surface area contributed by atoms with Gasteiger partial charge in [-0.3, -0.25) is 14.9 Å². The number of aryl methyl sites for hydroxylation is 1. The minimum Gasteiger partial charge on any atom is -0.481 e. The lowest BCUT2D eigenvalue weighted by molar-refractivity contribution is -0.384. The Balaban J connectivity index is 2.96. The van der Waals surface area contributed by atoms with Gasteiger partial charge in [-0.15, -0.1) is 0 Å². The van der Waals surface area contributed by atoms with Crippen molar-refractivity contribution < 1.29 is 24.4 Å². The predicted molar refractivity (Wildman–Crippen MR) is 92.3 cm³/mol. The van der Waals surface area contributed by atoms with Gasteiger partial charge in [0.25, 0.3) is 5.69 Å². The fourth-order valence-electron chi connectivity index (χ4n) is 1.96. The van der Waals surface area contributed by atoms with Crippen LogP contribution in [0.3, 0.4) is 0 Å². The van der Waals surface area contributed by atoms with Gasteiger partial charge in [-0.1, -0.05) is 18.2 Å². The van der Waals surface area contributed by atoms with Crippen LogP contribution in [0.25, 0.3) is 6.08 Å². The van der Waals surface area contributed by atoms with Crippen LogP contribution in [-0.4, -0.2) is 33.7 Å². The van der Waals surface area contributed by atoms with E-state index >= 15 is 0 Å². The normalized spacial score (nSPS) is 12.6. The summed E-state index contributed by atoms with van der Waals surface area (Å²) < 4.78 is 5.11. The van der Waals surface area contributed by atoms with Crippen molar-refractivity contribution in [3.8, 4) is 0 Å². The van der Waals surface area contributed by atoms with Crippen molar-refractivity contribution in [2.75, 3.05) is 0 Å². The summed E-state index contributed by atoms with van der Waals surface area (Å²) in [5.41, 5.74) is 0.571. The number of carbonyl (C=O) groups is 2. The number of carboxylic acids is 1. The maximum Gasteiger partial charge on any atom is 0.408 e. The maximum absolute atomic E-state index is 11.8. The molecule has 8 nitrogen and oxygen atoms in total. The van der Waals surface area contributed by atoms with Gasteiger partial charge in [0, 0.05) is 12.1 Å². The van der Waals surface area contributed by atoms with E-state index in [0.29, 0.717) is 5.56 Å². The summed E-state index contributed by atoms with van der Waals surface area (Å²) in [7, 11) is 0. The van der Waals surface area contributed by atoms with E-state index < -0.39 is 28.6 Å². The van der Waals surface area contributed by atoms with E-state index in [4.69, 9.17) is 9.84 Å². The molecule has 1 atom stereocenters. The molecular formula is C17H22N2O6. The van der Waals surface area contributed by atoms with E-state index in [2.05, 4.69) is 5.32 Å². The fraction of sp³-hybridized carbons (Fsp3) is 0.412. The molecule has 1 aromatic rings. The topological polar surface area (TPSA) is 119 Å². The molecule has 2 N–H and O–H groups in total. The average Bonchev–Trinajstić information content (AvgIpc) is 2.43. The Hall–Kier alpha value is -2.90. The summed E-state index contributed by atoms with van der Waals surface area (Å²) in [6.45, 7) is 6.86. The van der Waals surface area contributed by atoms with Crippen molar-refractivity contribution >= 4 is 23.8 Å². The van der Waals surface area contributed by atoms with Crippen LogP contribution in [0.1, 0.15) is 38.3 Å². The third-order valence-electron chi connectivity index (χ3n) is 3.08. The van der Waals surface area contributed by atoms with Crippen molar-refractivity contribution in [1.29, 1.82) is 0 Å². The molecule has 136 valence electrons. The van der Waals surface area contributed by atoms with Gasteiger partial charge in [-0.05, 0) is 38.8 Å². The monoisotopic (exact) mass is 350 g/mol. The number of hydrogen-bond acceptors (Lipinski definition) is 5. The van der Waals surface area contributed by atoms with Crippen molar-refractivity contribution in [3.05, 3.63) is 45.5 Å². The van der Waals surface area contributed by atoms with E-state index in [-0.39, 0.29) is 12.1 Å². The van der Waals surface area contributed by atoms with Crippen molar-refractivity contribution in [2.24, 2.45) is 0 Å². The van der Waals surface area contributed by atoms with Gasteiger partial charge in [-0.25, -0.2) is 4.79 Å². The fourth-order valence-corrected chi connectivity index (χ4v) is 1.96. The second-order valence-electron chi connectivity index (χ2n) is 6.51. The molecule has 0 bridgehead atoms.